The molecule has 0 spiro atoms. The molecule has 9 aromatic carbocycles. The first kappa shape index (κ1) is 48.4. The highest BCUT2D eigenvalue weighted by Crippen LogP contribution is 2.60. The number of ketones is 1. The van der Waals surface area contributed by atoms with E-state index in [0.717, 1.165) is 90.8 Å². The van der Waals surface area contributed by atoms with Crippen molar-refractivity contribution in [2.75, 3.05) is 16.9 Å². The number of benzene rings is 9. The minimum Gasteiger partial charge on any atom is -0.469 e. The molecule has 0 saturated heterocycles. The third-order valence-corrected chi connectivity index (χ3v) is 16.7. The number of esters is 1. The number of carbonyl (C=O) groups excluding carboxylic acids is 3. The highest BCUT2D eigenvalue weighted by atomic mass is 16.5. The van der Waals surface area contributed by atoms with Crippen LogP contribution in [-0.2, 0) is 42.8 Å². The van der Waals surface area contributed by atoms with Gasteiger partial charge in [-0.3, -0.25) is 14.4 Å². The van der Waals surface area contributed by atoms with Gasteiger partial charge in [0.05, 0.1) is 29.5 Å². The third kappa shape index (κ3) is 8.18. The van der Waals surface area contributed by atoms with Crippen LogP contribution in [0, 0.1) is 6.92 Å². The molecular formula is C70H56N4O4. The lowest BCUT2D eigenvalue weighted by Crippen LogP contribution is -2.33. The molecule has 2 aliphatic carbocycles. The summed E-state index contributed by atoms with van der Waals surface area (Å²) in [6.07, 6.45) is 2.75. The number of aromatic nitrogens is 2. The predicted octanol–water partition coefficient (Wildman–Crippen LogP) is 16.0. The van der Waals surface area contributed by atoms with E-state index in [1.54, 1.807) is 0 Å². The Labute approximate surface area is 454 Å². The molecule has 2 atom stereocenters. The molecular weight excluding hydrogens is 961 g/mol. The van der Waals surface area contributed by atoms with Crippen LogP contribution in [0.1, 0.15) is 72.1 Å². The van der Waals surface area contributed by atoms with Gasteiger partial charge >= 0.3 is 5.97 Å². The van der Waals surface area contributed by atoms with Crippen molar-refractivity contribution in [1.29, 1.82) is 0 Å². The van der Waals surface area contributed by atoms with Crippen LogP contribution in [0.4, 0.5) is 34.1 Å². The maximum atomic E-state index is 12.2. The quantitative estimate of drug-likeness (QED) is 0.0802. The maximum absolute atomic E-state index is 12.2. The number of hydrogen-bond donors (Lipinski definition) is 0. The minimum atomic E-state index is -0.441. The van der Waals surface area contributed by atoms with Crippen molar-refractivity contribution in [1.82, 2.24) is 9.97 Å². The summed E-state index contributed by atoms with van der Waals surface area (Å²) in [6, 6.07) is 72.3. The lowest BCUT2D eigenvalue weighted by Gasteiger charge is -2.39. The summed E-state index contributed by atoms with van der Waals surface area (Å²) < 4.78 is 4.98. The molecule has 0 radical (unpaired) electrons. The van der Waals surface area contributed by atoms with Gasteiger partial charge in [0, 0.05) is 68.9 Å². The van der Waals surface area contributed by atoms with E-state index >= 15 is 0 Å². The number of nitrogens with zero attached hydrogens (tertiary/aromatic N) is 4. The number of aldehydes is 1. The van der Waals surface area contributed by atoms with E-state index in [2.05, 4.69) is 231 Å². The number of hydrogen-bond acceptors (Lipinski definition) is 8. The Morgan fingerprint density at radius 1 is 0.487 bits per heavy atom. The number of aryl methyl sites for hydroxylation is 3. The summed E-state index contributed by atoms with van der Waals surface area (Å²) in [4.78, 5) is 50.9. The van der Waals surface area contributed by atoms with E-state index in [0.29, 0.717) is 25.5 Å². The van der Waals surface area contributed by atoms with Gasteiger partial charge in [0.25, 0.3) is 0 Å². The van der Waals surface area contributed by atoms with Crippen molar-refractivity contribution >= 4 is 63.2 Å². The van der Waals surface area contributed by atoms with Crippen LogP contribution in [0.25, 0.3) is 55.8 Å². The van der Waals surface area contributed by atoms with Crippen molar-refractivity contribution in [3.63, 3.8) is 0 Å². The van der Waals surface area contributed by atoms with E-state index in [9.17, 15) is 14.4 Å². The molecule has 3 aliphatic heterocycles. The van der Waals surface area contributed by atoms with Crippen molar-refractivity contribution in [2.45, 2.75) is 63.7 Å². The second kappa shape index (κ2) is 19.1. The number of methoxy groups -OCH3 is 1. The van der Waals surface area contributed by atoms with Crippen molar-refractivity contribution in [3.05, 3.63) is 239 Å². The minimum absolute atomic E-state index is 0.170. The maximum Gasteiger partial charge on any atom is 0.305 e. The molecule has 8 bridgehead atoms. The molecule has 10 aromatic rings. The summed E-state index contributed by atoms with van der Waals surface area (Å²) in [6.45, 7) is 6.97. The van der Waals surface area contributed by atoms with Crippen molar-refractivity contribution in [2.24, 2.45) is 0 Å². The summed E-state index contributed by atoms with van der Waals surface area (Å²) in [5, 5.41) is 0. The Bertz CT molecular complexity index is 4040. The third-order valence-electron chi connectivity index (χ3n) is 16.7. The number of carbonyl (C=O) groups is 3. The molecule has 4 heterocycles. The van der Waals surface area contributed by atoms with Gasteiger partial charge in [-0.05, 0) is 172 Å². The van der Waals surface area contributed by atoms with E-state index in [1.807, 2.05) is 0 Å². The molecule has 2 unspecified atom stereocenters. The van der Waals surface area contributed by atoms with Crippen LogP contribution < -0.4 is 9.80 Å². The zero-order chi connectivity index (χ0) is 53.3. The van der Waals surface area contributed by atoms with Gasteiger partial charge < -0.3 is 14.5 Å². The lowest BCUT2D eigenvalue weighted by molar-refractivity contribution is -0.140. The molecule has 0 saturated carbocycles. The zero-order valence-corrected chi connectivity index (χ0v) is 44.1. The van der Waals surface area contributed by atoms with Gasteiger partial charge in [0.2, 0.25) is 0 Å². The van der Waals surface area contributed by atoms with Gasteiger partial charge in [0.15, 0.2) is 12.1 Å². The highest BCUT2D eigenvalue weighted by Gasteiger charge is 2.49. The fraction of sp³-hybridized carbons (Fsp3) is 0.157. The largest absolute Gasteiger partial charge is 0.469 e. The standard InChI is InChI=1S/C70H56N4O4/c1-44-13-37-64-65(39-44)72-68-48-22-30-52(31-23-48)73(49-24-14-45(15-25-49)18-34-55(76)42-75)53-32-35-58-56-9-5-7-11-60(56)69(2,62(58)40-53)43-70(3)61-12-8-6-10-57(61)59-36-33-54(41-63(59)70)74(51-28-20-47(21-29-51)67(68)71-64)50-26-16-46(17-27-50)19-38-66(77)78-4/h5-17,20-33,35-37,39-42H,18-19,34,38,43H2,1-4H3. The van der Waals surface area contributed by atoms with Crippen molar-refractivity contribution in [3.8, 4) is 44.8 Å². The fourth-order valence-corrected chi connectivity index (χ4v) is 12.8. The number of Topliss-reactive ketones (excluding diaryl/α,β-unsaturated/α-hetero) is 1. The Balaban J connectivity index is 1.04. The molecule has 380 valence electrons. The summed E-state index contributed by atoms with van der Waals surface area (Å²) >= 11 is 0. The summed E-state index contributed by atoms with van der Waals surface area (Å²) in [5.41, 5.74) is 23.4. The van der Waals surface area contributed by atoms with E-state index in [-0.39, 0.29) is 12.4 Å². The summed E-state index contributed by atoms with van der Waals surface area (Å²) in [7, 11) is 1.43. The van der Waals surface area contributed by atoms with Crippen LogP contribution in [0.5, 0.6) is 0 Å². The van der Waals surface area contributed by atoms with Crippen LogP contribution in [0.3, 0.4) is 0 Å². The van der Waals surface area contributed by atoms with Crippen molar-refractivity contribution < 1.29 is 19.1 Å². The normalized spacial score (nSPS) is 16.6. The lowest BCUT2D eigenvalue weighted by atomic mass is 9.64. The van der Waals surface area contributed by atoms with Crippen LogP contribution in [0.15, 0.2) is 200 Å². The SMILES string of the molecule is COC(=O)CCc1ccc(N2c3ccc(cc3)-c3nc4ccc(C)cc4nc3-c3ccc(cc3)N(c3ccc(CCC(=O)C=O)cc3)c3ccc4c(c3)C(C)(CC3(C)c5ccccc5-c5ccc2cc53)c2ccccc2-4)cc1. The molecule has 8 nitrogen and oxygen atoms in total. The zero-order valence-electron chi connectivity index (χ0n) is 44.1. The number of rotatable bonds is 9. The van der Waals surface area contributed by atoms with Gasteiger partial charge in [-0.2, -0.15) is 0 Å². The first-order valence-corrected chi connectivity index (χ1v) is 26.8. The van der Waals surface area contributed by atoms with E-state index in [4.69, 9.17) is 14.7 Å². The topological polar surface area (TPSA) is 92.7 Å². The molecule has 78 heavy (non-hydrogen) atoms. The molecule has 15 rings (SSSR count). The first-order chi connectivity index (χ1) is 38.0. The molecule has 8 heteroatoms. The number of ether oxygens (including phenoxy) is 1. The first-order valence-electron chi connectivity index (χ1n) is 26.8. The average molecular weight is 1020 g/mol. The average Bonchev–Trinajstić information content (AvgIpc) is 3.78. The van der Waals surface area contributed by atoms with Gasteiger partial charge in [0.1, 0.15) is 0 Å². The number of fused-ring (bicyclic) bond motifs is 7. The molecule has 0 amide bonds. The Hall–Kier alpha value is -9.27. The monoisotopic (exact) mass is 1020 g/mol. The summed E-state index contributed by atoms with van der Waals surface area (Å²) in [5.74, 6) is -0.630. The fourth-order valence-electron chi connectivity index (χ4n) is 12.8. The highest BCUT2D eigenvalue weighted by molar-refractivity contribution is 6.24. The molecule has 0 N–H and O–H groups in total. The predicted molar refractivity (Wildman–Crippen MR) is 313 cm³/mol. The van der Waals surface area contributed by atoms with E-state index in [1.165, 1.54) is 51.6 Å². The van der Waals surface area contributed by atoms with Crippen LogP contribution in [0.2, 0.25) is 0 Å². The molecule has 5 aliphatic rings. The second-order valence-electron chi connectivity index (χ2n) is 21.6. The molecule has 0 fully saturated rings. The Kier molecular flexibility index (Phi) is 11.8. The number of anilines is 6. The van der Waals surface area contributed by atoms with Gasteiger partial charge in [-0.1, -0.05) is 129 Å². The van der Waals surface area contributed by atoms with Gasteiger partial charge in [-0.15, -0.1) is 0 Å². The Morgan fingerprint density at radius 3 is 1.38 bits per heavy atom. The molecule has 1 aromatic heterocycles. The van der Waals surface area contributed by atoms with Gasteiger partial charge in [-0.25, -0.2) is 9.97 Å². The van der Waals surface area contributed by atoms with Crippen LogP contribution >= 0.6 is 0 Å². The Morgan fingerprint density at radius 2 is 0.910 bits per heavy atom. The second-order valence-corrected chi connectivity index (χ2v) is 21.6. The smallest absolute Gasteiger partial charge is 0.305 e. The van der Waals surface area contributed by atoms with Crippen LogP contribution in [-0.4, -0.2) is 35.1 Å². The van der Waals surface area contributed by atoms with E-state index < -0.39 is 16.6 Å².